The molecule has 6 rings (SSSR count). The Hall–Kier alpha value is -3.52. The molecule has 144 valence electrons. The number of piperidine rings is 1. The Morgan fingerprint density at radius 2 is 1.83 bits per heavy atom. The van der Waals surface area contributed by atoms with Gasteiger partial charge in [-0.2, -0.15) is 5.10 Å². The smallest absolute Gasteiger partial charge is 0.161 e. The first kappa shape index (κ1) is 16.4. The lowest BCUT2D eigenvalue weighted by Crippen LogP contribution is -2.27. The molecular formula is C21H19N7O. The Morgan fingerprint density at radius 1 is 0.931 bits per heavy atom. The molecule has 6 heterocycles. The minimum Gasteiger partial charge on any atom is -0.472 e. The van der Waals surface area contributed by atoms with E-state index >= 15 is 0 Å². The predicted octanol–water partition coefficient (Wildman–Crippen LogP) is 3.62. The topological polar surface area (TPSA) is 108 Å². The number of H-pyrrole nitrogens is 2. The number of pyridine rings is 2. The zero-order valence-corrected chi connectivity index (χ0v) is 15.6. The van der Waals surface area contributed by atoms with Crippen molar-refractivity contribution in [3.63, 3.8) is 0 Å². The van der Waals surface area contributed by atoms with E-state index in [1.165, 1.54) is 0 Å². The van der Waals surface area contributed by atoms with Crippen molar-refractivity contribution < 1.29 is 4.42 Å². The fraction of sp³-hybridized carbons (Fsp3) is 0.238. The first-order chi connectivity index (χ1) is 14.4. The van der Waals surface area contributed by atoms with Gasteiger partial charge in [0.1, 0.15) is 16.7 Å². The number of fused-ring (bicyclic) bond motifs is 2. The van der Waals surface area contributed by atoms with E-state index in [-0.39, 0.29) is 0 Å². The summed E-state index contributed by atoms with van der Waals surface area (Å²) in [4.78, 5) is 17.6. The maximum atomic E-state index is 5.22. The number of nitrogens with one attached hydrogen (secondary N) is 3. The van der Waals surface area contributed by atoms with Crippen molar-refractivity contribution in [2.45, 2.75) is 18.8 Å². The average molecular weight is 385 g/mol. The first-order valence-corrected chi connectivity index (χ1v) is 9.80. The highest BCUT2D eigenvalue weighted by molar-refractivity contribution is 5.94. The van der Waals surface area contributed by atoms with Gasteiger partial charge in [-0.05, 0) is 50.2 Å². The van der Waals surface area contributed by atoms with Crippen molar-refractivity contribution in [2.24, 2.45) is 0 Å². The third-order valence-electron chi connectivity index (χ3n) is 5.61. The monoisotopic (exact) mass is 385 g/mol. The second-order valence-corrected chi connectivity index (χ2v) is 7.38. The number of furan rings is 1. The number of imidazole rings is 1. The van der Waals surface area contributed by atoms with Crippen molar-refractivity contribution in [1.82, 2.24) is 35.5 Å². The van der Waals surface area contributed by atoms with E-state index in [9.17, 15) is 0 Å². The molecule has 0 saturated carbocycles. The number of nitrogens with zero attached hydrogens (tertiary/aromatic N) is 4. The van der Waals surface area contributed by atoms with Crippen molar-refractivity contribution in [2.75, 3.05) is 13.1 Å². The summed E-state index contributed by atoms with van der Waals surface area (Å²) in [6, 6.07) is 7.97. The van der Waals surface area contributed by atoms with Gasteiger partial charge in [-0.15, -0.1) is 0 Å². The molecule has 0 bridgehead atoms. The number of hydrogen-bond acceptors (Lipinski definition) is 6. The molecule has 0 aromatic carbocycles. The Kier molecular flexibility index (Phi) is 3.70. The van der Waals surface area contributed by atoms with Gasteiger partial charge in [0.05, 0.1) is 23.6 Å². The normalized spacial score (nSPS) is 15.4. The summed E-state index contributed by atoms with van der Waals surface area (Å²) in [5.74, 6) is 1.16. The fourth-order valence-electron chi connectivity index (χ4n) is 4.08. The molecule has 1 saturated heterocycles. The lowest BCUT2D eigenvalue weighted by molar-refractivity contribution is 0.454. The number of aromatic amines is 2. The Bertz CT molecular complexity index is 1300. The summed E-state index contributed by atoms with van der Waals surface area (Å²) >= 11 is 0. The number of hydrogen-bond donors (Lipinski definition) is 3. The quantitative estimate of drug-likeness (QED) is 0.438. The third-order valence-corrected chi connectivity index (χ3v) is 5.61. The molecular weight excluding hydrogens is 366 g/mol. The van der Waals surface area contributed by atoms with Crippen molar-refractivity contribution in [3.05, 3.63) is 48.7 Å². The lowest BCUT2D eigenvalue weighted by atomic mass is 9.94. The molecule has 0 spiro atoms. The van der Waals surface area contributed by atoms with Gasteiger partial charge < -0.3 is 14.7 Å². The van der Waals surface area contributed by atoms with Crippen LogP contribution in [0, 0.1) is 0 Å². The SMILES string of the molecule is c1cc2[nH]c(-c3n[nH]c4ccc(C5CCNCC5)nc34)nc2c(-c2ccoc2)n1. The highest BCUT2D eigenvalue weighted by atomic mass is 16.3. The van der Waals surface area contributed by atoms with Crippen LogP contribution >= 0.6 is 0 Å². The summed E-state index contributed by atoms with van der Waals surface area (Å²) in [5, 5.41) is 11.0. The summed E-state index contributed by atoms with van der Waals surface area (Å²) in [6.07, 6.45) is 7.29. The molecule has 5 aromatic rings. The highest BCUT2D eigenvalue weighted by Crippen LogP contribution is 2.31. The third kappa shape index (κ3) is 2.72. The molecule has 8 nitrogen and oxygen atoms in total. The van der Waals surface area contributed by atoms with E-state index in [0.717, 1.165) is 70.6 Å². The zero-order valence-electron chi connectivity index (χ0n) is 15.6. The van der Waals surface area contributed by atoms with Crippen molar-refractivity contribution >= 4 is 22.1 Å². The van der Waals surface area contributed by atoms with Crippen LogP contribution < -0.4 is 5.32 Å². The van der Waals surface area contributed by atoms with Crippen molar-refractivity contribution in [1.29, 1.82) is 0 Å². The van der Waals surface area contributed by atoms with Gasteiger partial charge in [0, 0.05) is 23.4 Å². The molecule has 0 aliphatic carbocycles. The van der Waals surface area contributed by atoms with E-state index < -0.39 is 0 Å². The summed E-state index contributed by atoms with van der Waals surface area (Å²) in [7, 11) is 0. The van der Waals surface area contributed by atoms with Crippen molar-refractivity contribution in [3.8, 4) is 22.8 Å². The van der Waals surface area contributed by atoms with Gasteiger partial charge in [-0.3, -0.25) is 10.1 Å². The lowest BCUT2D eigenvalue weighted by Gasteiger charge is -2.22. The van der Waals surface area contributed by atoms with E-state index in [0.29, 0.717) is 11.7 Å². The number of rotatable bonds is 3. The van der Waals surface area contributed by atoms with Gasteiger partial charge >= 0.3 is 0 Å². The molecule has 5 aromatic heterocycles. The van der Waals surface area contributed by atoms with Crippen LogP contribution in [0.15, 0.2) is 47.4 Å². The minimum absolute atomic E-state index is 0.482. The Balaban J connectivity index is 1.48. The summed E-state index contributed by atoms with van der Waals surface area (Å²) in [5.41, 5.74) is 6.97. The maximum Gasteiger partial charge on any atom is 0.161 e. The summed E-state index contributed by atoms with van der Waals surface area (Å²) in [6.45, 7) is 2.08. The molecule has 0 atom stereocenters. The number of aromatic nitrogens is 6. The Morgan fingerprint density at radius 3 is 2.69 bits per heavy atom. The molecule has 0 amide bonds. The van der Waals surface area contributed by atoms with E-state index in [4.69, 9.17) is 14.4 Å². The Labute approximate surface area is 165 Å². The molecule has 1 fully saturated rings. The largest absolute Gasteiger partial charge is 0.472 e. The second kappa shape index (κ2) is 6.52. The molecule has 8 heteroatoms. The van der Waals surface area contributed by atoms with Crippen LogP contribution in [0.25, 0.3) is 44.8 Å². The van der Waals surface area contributed by atoms with E-state index in [1.807, 2.05) is 12.1 Å². The van der Waals surface area contributed by atoms with Gasteiger partial charge in [0.2, 0.25) is 0 Å². The molecule has 29 heavy (non-hydrogen) atoms. The van der Waals surface area contributed by atoms with Crippen LogP contribution in [-0.4, -0.2) is 43.2 Å². The maximum absolute atomic E-state index is 5.22. The van der Waals surface area contributed by atoms with Crippen LogP contribution in [0.4, 0.5) is 0 Å². The van der Waals surface area contributed by atoms with Gasteiger partial charge in [0.15, 0.2) is 11.5 Å². The fourth-order valence-corrected chi connectivity index (χ4v) is 4.08. The molecule has 1 aliphatic heterocycles. The minimum atomic E-state index is 0.482. The average Bonchev–Trinajstić information content (AvgIpc) is 3.52. The van der Waals surface area contributed by atoms with Gasteiger partial charge in [-0.25, -0.2) is 9.97 Å². The van der Waals surface area contributed by atoms with E-state index in [1.54, 1.807) is 18.7 Å². The predicted molar refractivity (Wildman–Crippen MR) is 109 cm³/mol. The molecule has 1 aliphatic rings. The van der Waals surface area contributed by atoms with Gasteiger partial charge in [-0.1, -0.05) is 0 Å². The van der Waals surface area contributed by atoms with Crippen LogP contribution in [-0.2, 0) is 0 Å². The van der Waals surface area contributed by atoms with Crippen LogP contribution in [0.3, 0.4) is 0 Å². The highest BCUT2D eigenvalue weighted by Gasteiger charge is 2.20. The van der Waals surface area contributed by atoms with Crippen LogP contribution in [0.2, 0.25) is 0 Å². The van der Waals surface area contributed by atoms with Gasteiger partial charge in [0.25, 0.3) is 0 Å². The van der Waals surface area contributed by atoms with Crippen LogP contribution in [0.5, 0.6) is 0 Å². The first-order valence-electron chi connectivity index (χ1n) is 9.80. The standard InChI is InChI=1S/C21H19N7O/c1-2-16-19(24-14(1)12-3-7-22-8-4-12)20(28-27-16)21-25-15-5-9-23-17(18(15)26-21)13-6-10-29-11-13/h1-2,5-6,9-12,22H,3-4,7-8H2,(H,25,26)(H,27,28). The molecule has 0 unspecified atom stereocenters. The second-order valence-electron chi connectivity index (χ2n) is 7.38. The molecule has 0 radical (unpaired) electrons. The summed E-state index contributed by atoms with van der Waals surface area (Å²) < 4.78 is 5.22. The molecule has 3 N–H and O–H groups in total. The van der Waals surface area contributed by atoms with Crippen LogP contribution in [0.1, 0.15) is 24.5 Å². The zero-order chi connectivity index (χ0) is 19.2. The van der Waals surface area contributed by atoms with E-state index in [2.05, 4.69) is 37.6 Å².